The molecule has 0 heterocycles. The van der Waals surface area contributed by atoms with Crippen LogP contribution in [-0.2, 0) is 0 Å². The van der Waals surface area contributed by atoms with Crippen LogP contribution in [0.3, 0.4) is 0 Å². The number of hydrogen-bond acceptors (Lipinski definition) is 2. The molecule has 1 aromatic carbocycles. The second-order valence-electron chi connectivity index (χ2n) is 2.29. The van der Waals surface area contributed by atoms with Gasteiger partial charge in [0.15, 0.2) is 0 Å². The molecule has 0 spiro atoms. The van der Waals surface area contributed by atoms with Crippen molar-refractivity contribution in [1.29, 1.82) is 10.7 Å². The van der Waals surface area contributed by atoms with Gasteiger partial charge in [0.1, 0.15) is 0 Å². The lowest BCUT2D eigenvalue weighted by Gasteiger charge is -2.00. The first-order chi connectivity index (χ1) is 5.75. The predicted octanol–water partition coefficient (Wildman–Crippen LogP) is 2.62. The Morgan fingerprint density at radius 3 is 2.75 bits per heavy atom. The molecule has 0 radical (unpaired) electrons. The number of benzene rings is 1. The zero-order chi connectivity index (χ0) is 8.97. The first kappa shape index (κ1) is 8.76. The van der Waals surface area contributed by atoms with Gasteiger partial charge in [0.25, 0.3) is 0 Å². The summed E-state index contributed by atoms with van der Waals surface area (Å²) in [6, 6.07) is 8.96. The minimum absolute atomic E-state index is 0.101. The Bertz CT molecular complexity index is 339. The Hall–Kier alpha value is -1.33. The zero-order valence-electron chi connectivity index (χ0n) is 6.34. The predicted molar refractivity (Wildman–Crippen MR) is 48.5 cm³/mol. The Balaban J connectivity index is 2.97. The topological polar surface area (TPSA) is 47.6 Å². The first-order valence-corrected chi connectivity index (χ1v) is 3.83. The minimum atomic E-state index is 0.101. The second-order valence-corrected chi connectivity index (χ2v) is 2.70. The van der Waals surface area contributed by atoms with Crippen LogP contribution in [0.25, 0.3) is 0 Å². The fourth-order valence-corrected chi connectivity index (χ4v) is 1.13. The molecular formula is C9H7ClN2. The van der Waals surface area contributed by atoms with E-state index >= 15 is 0 Å². The summed E-state index contributed by atoms with van der Waals surface area (Å²) in [7, 11) is 0. The molecule has 0 unspecified atom stereocenters. The molecule has 12 heavy (non-hydrogen) atoms. The molecule has 0 amide bonds. The van der Waals surface area contributed by atoms with Crippen LogP contribution in [0.1, 0.15) is 12.0 Å². The van der Waals surface area contributed by atoms with Crippen LogP contribution in [0.5, 0.6) is 0 Å². The molecule has 1 aromatic rings. The van der Waals surface area contributed by atoms with Crippen molar-refractivity contribution in [3.63, 3.8) is 0 Å². The van der Waals surface area contributed by atoms with E-state index in [1.165, 1.54) is 0 Å². The third-order valence-corrected chi connectivity index (χ3v) is 1.78. The Labute approximate surface area is 75.9 Å². The van der Waals surface area contributed by atoms with E-state index in [9.17, 15) is 0 Å². The molecule has 0 saturated carbocycles. The highest BCUT2D eigenvalue weighted by atomic mass is 35.5. The quantitative estimate of drug-likeness (QED) is 0.696. The van der Waals surface area contributed by atoms with Gasteiger partial charge in [-0.05, 0) is 6.07 Å². The van der Waals surface area contributed by atoms with Gasteiger partial charge in [0.05, 0.1) is 18.2 Å². The summed E-state index contributed by atoms with van der Waals surface area (Å²) < 4.78 is 0. The van der Waals surface area contributed by atoms with Crippen molar-refractivity contribution in [2.45, 2.75) is 6.42 Å². The number of rotatable bonds is 2. The van der Waals surface area contributed by atoms with Crippen molar-refractivity contribution in [3.05, 3.63) is 34.9 Å². The lowest BCUT2D eigenvalue weighted by molar-refractivity contribution is 1.34. The van der Waals surface area contributed by atoms with Crippen molar-refractivity contribution in [2.75, 3.05) is 0 Å². The van der Waals surface area contributed by atoms with Crippen LogP contribution in [0, 0.1) is 16.7 Å². The van der Waals surface area contributed by atoms with Crippen molar-refractivity contribution in [2.24, 2.45) is 0 Å². The summed E-state index contributed by atoms with van der Waals surface area (Å²) in [4.78, 5) is 0. The molecular weight excluding hydrogens is 172 g/mol. The summed E-state index contributed by atoms with van der Waals surface area (Å²) >= 11 is 5.80. The number of nitriles is 1. The van der Waals surface area contributed by atoms with Crippen LogP contribution in [0.2, 0.25) is 5.02 Å². The summed E-state index contributed by atoms with van der Waals surface area (Å²) in [6.07, 6.45) is 0.101. The smallest absolute Gasteiger partial charge is 0.0774 e. The van der Waals surface area contributed by atoms with Crippen LogP contribution >= 0.6 is 11.6 Å². The van der Waals surface area contributed by atoms with Crippen LogP contribution in [0.15, 0.2) is 24.3 Å². The van der Waals surface area contributed by atoms with Crippen molar-refractivity contribution in [3.8, 4) is 6.07 Å². The van der Waals surface area contributed by atoms with Gasteiger partial charge in [-0.25, -0.2) is 0 Å². The van der Waals surface area contributed by atoms with E-state index in [1.807, 2.05) is 6.07 Å². The molecule has 0 saturated heterocycles. The van der Waals surface area contributed by atoms with E-state index in [0.29, 0.717) is 10.6 Å². The monoisotopic (exact) mass is 178 g/mol. The van der Waals surface area contributed by atoms with Crippen molar-refractivity contribution >= 4 is 17.3 Å². The molecule has 2 nitrogen and oxygen atoms in total. The van der Waals surface area contributed by atoms with Crippen LogP contribution < -0.4 is 0 Å². The number of hydrogen-bond donors (Lipinski definition) is 1. The molecule has 0 bridgehead atoms. The van der Waals surface area contributed by atoms with E-state index in [4.69, 9.17) is 22.3 Å². The third-order valence-electron chi connectivity index (χ3n) is 1.45. The van der Waals surface area contributed by atoms with Gasteiger partial charge in [-0.3, -0.25) is 0 Å². The van der Waals surface area contributed by atoms with Crippen LogP contribution in [-0.4, -0.2) is 5.71 Å². The zero-order valence-corrected chi connectivity index (χ0v) is 7.10. The van der Waals surface area contributed by atoms with Gasteiger partial charge in [-0.1, -0.05) is 29.8 Å². The molecule has 0 aliphatic rings. The van der Waals surface area contributed by atoms with E-state index in [-0.39, 0.29) is 12.1 Å². The van der Waals surface area contributed by atoms with E-state index < -0.39 is 0 Å². The SMILES string of the molecule is N#CCC(=N)c1ccccc1Cl. The molecule has 0 aromatic heterocycles. The molecule has 0 aliphatic carbocycles. The van der Waals surface area contributed by atoms with E-state index in [1.54, 1.807) is 24.3 Å². The number of nitrogens with zero attached hydrogens (tertiary/aromatic N) is 1. The molecule has 0 fully saturated rings. The minimum Gasteiger partial charge on any atom is -0.304 e. The van der Waals surface area contributed by atoms with Crippen LogP contribution in [0.4, 0.5) is 0 Å². The Kier molecular flexibility index (Phi) is 2.84. The highest BCUT2D eigenvalue weighted by molar-refractivity contribution is 6.34. The highest BCUT2D eigenvalue weighted by Crippen LogP contribution is 2.16. The maximum atomic E-state index is 8.35. The average molecular weight is 179 g/mol. The van der Waals surface area contributed by atoms with E-state index in [2.05, 4.69) is 0 Å². The lowest BCUT2D eigenvalue weighted by Crippen LogP contribution is -1.97. The molecule has 60 valence electrons. The second kappa shape index (κ2) is 3.89. The van der Waals surface area contributed by atoms with Gasteiger partial charge in [-0.15, -0.1) is 0 Å². The van der Waals surface area contributed by atoms with Gasteiger partial charge >= 0.3 is 0 Å². The fourth-order valence-electron chi connectivity index (χ4n) is 0.880. The van der Waals surface area contributed by atoms with Gasteiger partial charge in [0.2, 0.25) is 0 Å². The largest absolute Gasteiger partial charge is 0.304 e. The molecule has 1 N–H and O–H groups in total. The number of halogens is 1. The van der Waals surface area contributed by atoms with Crippen molar-refractivity contribution < 1.29 is 0 Å². The summed E-state index contributed by atoms with van der Waals surface area (Å²) in [5.74, 6) is 0. The highest BCUT2D eigenvalue weighted by Gasteiger charge is 2.03. The lowest BCUT2D eigenvalue weighted by atomic mass is 10.1. The molecule has 1 rings (SSSR count). The van der Waals surface area contributed by atoms with Crippen molar-refractivity contribution in [1.82, 2.24) is 0 Å². The Morgan fingerprint density at radius 1 is 1.50 bits per heavy atom. The Morgan fingerprint density at radius 2 is 2.17 bits per heavy atom. The molecule has 0 aliphatic heterocycles. The summed E-state index contributed by atoms with van der Waals surface area (Å²) in [5, 5.41) is 16.3. The van der Waals surface area contributed by atoms with Gasteiger partial charge in [-0.2, -0.15) is 5.26 Å². The van der Waals surface area contributed by atoms with Gasteiger partial charge < -0.3 is 5.41 Å². The van der Waals surface area contributed by atoms with Gasteiger partial charge in [0, 0.05) is 10.6 Å². The average Bonchev–Trinajstić information content (AvgIpc) is 2.05. The number of nitrogens with one attached hydrogen (secondary N) is 1. The maximum absolute atomic E-state index is 8.35. The van der Waals surface area contributed by atoms with E-state index in [0.717, 1.165) is 0 Å². The molecule has 0 atom stereocenters. The first-order valence-electron chi connectivity index (χ1n) is 3.45. The molecule has 3 heteroatoms. The normalized spacial score (nSPS) is 9.00. The maximum Gasteiger partial charge on any atom is 0.0774 e. The standard InChI is InChI=1S/C9H7ClN2/c10-8-4-2-1-3-7(8)9(12)5-6-11/h1-4,12H,5H2. The summed E-state index contributed by atoms with van der Waals surface area (Å²) in [6.45, 7) is 0. The fraction of sp³-hybridized carbons (Fsp3) is 0.111. The summed E-state index contributed by atoms with van der Waals surface area (Å²) in [5.41, 5.74) is 0.906. The third kappa shape index (κ3) is 1.84.